The van der Waals surface area contributed by atoms with Crippen LogP contribution in [0.15, 0.2) is 24.3 Å². The molecule has 0 heterocycles. The van der Waals surface area contributed by atoms with Crippen LogP contribution in [0, 0.1) is 5.92 Å². The Balaban J connectivity index is 2.15. The molecule has 1 fully saturated rings. The van der Waals surface area contributed by atoms with E-state index in [1.807, 2.05) is 18.2 Å². The molecule has 2 rings (SSSR count). The van der Waals surface area contributed by atoms with Crippen molar-refractivity contribution in [1.82, 2.24) is 0 Å². The van der Waals surface area contributed by atoms with Gasteiger partial charge < -0.3 is 5.73 Å². The number of rotatable bonds is 4. The largest absolute Gasteiger partial charge is 0.327 e. The van der Waals surface area contributed by atoms with Crippen LogP contribution in [0.25, 0.3) is 0 Å². The zero-order valence-corrected chi connectivity index (χ0v) is 10.5. The first-order chi connectivity index (χ1) is 8.22. The van der Waals surface area contributed by atoms with Gasteiger partial charge in [-0.05, 0) is 30.9 Å². The van der Waals surface area contributed by atoms with Crippen LogP contribution in [-0.2, 0) is 6.42 Å². The van der Waals surface area contributed by atoms with Gasteiger partial charge in [0.1, 0.15) is 0 Å². The Hall–Kier alpha value is -1.15. The summed E-state index contributed by atoms with van der Waals surface area (Å²) in [4.78, 5) is 12.3. The molecule has 1 aliphatic carbocycles. The summed E-state index contributed by atoms with van der Waals surface area (Å²) in [5.74, 6) is 0.292. The molecule has 1 aromatic rings. The summed E-state index contributed by atoms with van der Waals surface area (Å²) >= 11 is 0. The first-order valence-corrected chi connectivity index (χ1v) is 6.61. The van der Waals surface area contributed by atoms with Crippen LogP contribution in [0.5, 0.6) is 0 Å². The Morgan fingerprint density at radius 3 is 2.88 bits per heavy atom. The van der Waals surface area contributed by atoms with E-state index in [-0.39, 0.29) is 17.7 Å². The van der Waals surface area contributed by atoms with Gasteiger partial charge in [0, 0.05) is 17.5 Å². The quantitative estimate of drug-likeness (QED) is 0.810. The van der Waals surface area contributed by atoms with Crippen LogP contribution < -0.4 is 5.73 Å². The fourth-order valence-corrected chi connectivity index (χ4v) is 2.70. The lowest BCUT2D eigenvalue weighted by atomic mass is 9.92. The highest BCUT2D eigenvalue weighted by atomic mass is 16.1. The van der Waals surface area contributed by atoms with Gasteiger partial charge in [0.2, 0.25) is 0 Å². The first kappa shape index (κ1) is 12.3. The Morgan fingerprint density at radius 1 is 1.41 bits per heavy atom. The molecule has 1 aromatic carbocycles. The van der Waals surface area contributed by atoms with Gasteiger partial charge >= 0.3 is 0 Å². The Bertz CT molecular complexity index is 400. The maximum absolute atomic E-state index is 12.3. The standard InChI is InChI=1S/C15H21NO/c1-2-5-11-6-3-7-12(10-11)15(17)13-8-4-9-14(13)16/h3,6-7,10,13-14H,2,4-5,8-9,16H2,1H3. The van der Waals surface area contributed by atoms with E-state index in [2.05, 4.69) is 13.0 Å². The number of aryl methyl sites for hydroxylation is 1. The number of benzene rings is 1. The van der Waals surface area contributed by atoms with Crippen molar-refractivity contribution in [2.24, 2.45) is 11.7 Å². The van der Waals surface area contributed by atoms with Crippen molar-refractivity contribution in [1.29, 1.82) is 0 Å². The molecule has 0 bridgehead atoms. The minimum atomic E-state index is 0.0480. The number of ketones is 1. The molecule has 0 spiro atoms. The van der Waals surface area contributed by atoms with Gasteiger partial charge in [-0.1, -0.05) is 38.0 Å². The number of carbonyl (C=O) groups excluding carboxylic acids is 1. The molecule has 2 unspecified atom stereocenters. The fourth-order valence-electron chi connectivity index (χ4n) is 2.70. The van der Waals surface area contributed by atoms with Crippen molar-refractivity contribution in [2.75, 3.05) is 0 Å². The normalized spacial score (nSPS) is 23.9. The monoisotopic (exact) mass is 231 g/mol. The van der Waals surface area contributed by atoms with Gasteiger partial charge in [0.15, 0.2) is 5.78 Å². The number of nitrogens with two attached hydrogens (primary N) is 1. The Kier molecular flexibility index (Phi) is 3.95. The molecule has 1 saturated carbocycles. The first-order valence-electron chi connectivity index (χ1n) is 6.61. The summed E-state index contributed by atoms with van der Waals surface area (Å²) < 4.78 is 0. The van der Waals surface area contributed by atoms with Gasteiger partial charge in [-0.3, -0.25) is 4.79 Å². The fraction of sp³-hybridized carbons (Fsp3) is 0.533. The highest BCUT2D eigenvalue weighted by Gasteiger charge is 2.30. The number of hydrogen-bond donors (Lipinski definition) is 1. The molecule has 2 atom stereocenters. The molecule has 2 nitrogen and oxygen atoms in total. The van der Waals surface area contributed by atoms with Crippen LogP contribution in [-0.4, -0.2) is 11.8 Å². The molecular formula is C15H21NO. The number of hydrogen-bond acceptors (Lipinski definition) is 2. The molecule has 2 N–H and O–H groups in total. The van der Waals surface area contributed by atoms with Gasteiger partial charge in [0.05, 0.1) is 0 Å². The third kappa shape index (κ3) is 2.75. The van der Waals surface area contributed by atoms with Gasteiger partial charge in [-0.15, -0.1) is 0 Å². The lowest BCUT2D eigenvalue weighted by Crippen LogP contribution is -2.30. The summed E-state index contributed by atoms with van der Waals surface area (Å²) in [6, 6.07) is 8.11. The predicted molar refractivity (Wildman–Crippen MR) is 70.1 cm³/mol. The SMILES string of the molecule is CCCc1cccc(C(=O)C2CCCC2N)c1. The number of Topliss-reactive ketones (excluding diaryl/α,β-unsaturated/α-hetero) is 1. The third-order valence-corrected chi connectivity index (χ3v) is 3.66. The molecule has 1 aliphatic rings. The van der Waals surface area contributed by atoms with E-state index < -0.39 is 0 Å². The third-order valence-electron chi connectivity index (χ3n) is 3.66. The van der Waals surface area contributed by atoms with Crippen molar-refractivity contribution < 1.29 is 4.79 Å². The van der Waals surface area contributed by atoms with E-state index in [9.17, 15) is 4.79 Å². The molecule has 2 heteroatoms. The smallest absolute Gasteiger partial charge is 0.167 e. The van der Waals surface area contributed by atoms with E-state index in [4.69, 9.17) is 5.73 Å². The minimum absolute atomic E-state index is 0.0480. The molecular weight excluding hydrogens is 210 g/mol. The second-order valence-corrected chi connectivity index (χ2v) is 5.02. The Morgan fingerprint density at radius 2 is 2.24 bits per heavy atom. The van der Waals surface area contributed by atoms with Crippen molar-refractivity contribution in [3.05, 3.63) is 35.4 Å². The van der Waals surface area contributed by atoms with E-state index in [1.54, 1.807) is 0 Å². The van der Waals surface area contributed by atoms with Crippen LogP contribution >= 0.6 is 0 Å². The predicted octanol–water partition coefficient (Wildman–Crippen LogP) is 2.95. The average Bonchev–Trinajstić information content (AvgIpc) is 2.75. The Labute approximate surface area is 103 Å². The van der Waals surface area contributed by atoms with Crippen LogP contribution in [0.1, 0.15) is 48.5 Å². The minimum Gasteiger partial charge on any atom is -0.327 e. The van der Waals surface area contributed by atoms with E-state index in [1.165, 1.54) is 5.56 Å². The maximum atomic E-state index is 12.3. The van der Waals surface area contributed by atoms with Gasteiger partial charge in [0.25, 0.3) is 0 Å². The lowest BCUT2D eigenvalue weighted by Gasteiger charge is -2.14. The van der Waals surface area contributed by atoms with E-state index in [0.717, 1.165) is 37.7 Å². The molecule has 0 aliphatic heterocycles. The summed E-state index contributed by atoms with van der Waals surface area (Å²) in [7, 11) is 0. The van der Waals surface area contributed by atoms with Crippen molar-refractivity contribution >= 4 is 5.78 Å². The topological polar surface area (TPSA) is 43.1 Å². The molecule has 0 aromatic heterocycles. The highest BCUT2D eigenvalue weighted by Crippen LogP contribution is 2.27. The van der Waals surface area contributed by atoms with Crippen molar-refractivity contribution in [2.45, 2.75) is 45.1 Å². The van der Waals surface area contributed by atoms with E-state index in [0.29, 0.717) is 0 Å². The summed E-state index contributed by atoms with van der Waals surface area (Å²) in [6.07, 6.45) is 5.19. The summed E-state index contributed by atoms with van der Waals surface area (Å²) in [5, 5.41) is 0. The average molecular weight is 231 g/mol. The molecule has 92 valence electrons. The second kappa shape index (κ2) is 5.46. The lowest BCUT2D eigenvalue weighted by molar-refractivity contribution is 0.0913. The molecule has 0 amide bonds. The van der Waals surface area contributed by atoms with E-state index >= 15 is 0 Å². The van der Waals surface area contributed by atoms with Gasteiger partial charge in [-0.25, -0.2) is 0 Å². The highest BCUT2D eigenvalue weighted by molar-refractivity contribution is 5.98. The summed E-state index contributed by atoms with van der Waals surface area (Å²) in [5.41, 5.74) is 8.09. The van der Waals surface area contributed by atoms with Crippen LogP contribution in [0.2, 0.25) is 0 Å². The zero-order chi connectivity index (χ0) is 12.3. The molecule has 0 radical (unpaired) electrons. The van der Waals surface area contributed by atoms with Crippen molar-refractivity contribution in [3.8, 4) is 0 Å². The maximum Gasteiger partial charge on any atom is 0.167 e. The van der Waals surface area contributed by atoms with Crippen LogP contribution in [0.4, 0.5) is 0 Å². The van der Waals surface area contributed by atoms with Crippen molar-refractivity contribution in [3.63, 3.8) is 0 Å². The van der Waals surface area contributed by atoms with Crippen LogP contribution in [0.3, 0.4) is 0 Å². The summed E-state index contributed by atoms with van der Waals surface area (Å²) in [6.45, 7) is 2.15. The van der Waals surface area contributed by atoms with Gasteiger partial charge in [-0.2, -0.15) is 0 Å². The zero-order valence-electron chi connectivity index (χ0n) is 10.5. The molecule has 17 heavy (non-hydrogen) atoms. The second-order valence-electron chi connectivity index (χ2n) is 5.02. The number of carbonyl (C=O) groups is 1. The molecule has 0 saturated heterocycles.